The molecule has 104 valence electrons. The number of ether oxygens (including phenoxy) is 2. The second-order valence-corrected chi connectivity index (χ2v) is 5.16. The largest absolute Gasteiger partial charge is 0.493 e. The highest BCUT2D eigenvalue weighted by Gasteiger charge is 2.12. The van der Waals surface area contributed by atoms with Gasteiger partial charge in [0.15, 0.2) is 0 Å². The Labute approximate surface area is 123 Å². The first-order chi connectivity index (χ1) is 10.4. The first-order valence-corrected chi connectivity index (χ1v) is 7.11. The molecule has 1 aliphatic rings. The van der Waals surface area contributed by atoms with Gasteiger partial charge in [-0.15, -0.1) is 0 Å². The van der Waals surface area contributed by atoms with E-state index in [0.717, 1.165) is 41.0 Å². The zero-order valence-corrected chi connectivity index (χ0v) is 11.6. The van der Waals surface area contributed by atoms with Crippen LogP contribution in [0, 0.1) is 0 Å². The molecule has 2 aromatic carbocycles. The molecule has 0 N–H and O–H groups in total. The van der Waals surface area contributed by atoms with Crippen molar-refractivity contribution in [3.8, 4) is 11.5 Å². The van der Waals surface area contributed by atoms with Gasteiger partial charge in [0.2, 0.25) is 0 Å². The van der Waals surface area contributed by atoms with Crippen molar-refractivity contribution < 1.29 is 9.47 Å². The van der Waals surface area contributed by atoms with Crippen molar-refractivity contribution in [2.75, 3.05) is 6.61 Å². The van der Waals surface area contributed by atoms with Gasteiger partial charge < -0.3 is 9.47 Å². The van der Waals surface area contributed by atoms with Crippen LogP contribution in [-0.4, -0.2) is 11.6 Å². The lowest BCUT2D eigenvalue weighted by Gasteiger charge is -2.09. The molecule has 1 aliphatic heterocycles. The number of hydrogen-bond acceptors (Lipinski definition) is 3. The monoisotopic (exact) mass is 277 g/mol. The number of hydrogen-bond donors (Lipinski definition) is 0. The molecule has 0 amide bonds. The molecule has 0 saturated heterocycles. The average molecular weight is 277 g/mol. The minimum Gasteiger partial charge on any atom is -0.493 e. The van der Waals surface area contributed by atoms with E-state index in [4.69, 9.17) is 9.47 Å². The summed E-state index contributed by atoms with van der Waals surface area (Å²) in [6, 6.07) is 16.2. The molecule has 4 rings (SSSR count). The van der Waals surface area contributed by atoms with Gasteiger partial charge in [0, 0.05) is 18.0 Å². The van der Waals surface area contributed by atoms with Crippen LogP contribution in [-0.2, 0) is 13.0 Å². The molecule has 0 aliphatic carbocycles. The van der Waals surface area contributed by atoms with Gasteiger partial charge in [-0.2, -0.15) is 0 Å². The first-order valence-electron chi connectivity index (χ1n) is 7.11. The number of rotatable bonds is 3. The second-order valence-electron chi connectivity index (χ2n) is 5.16. The lowest BCUT2D eigenvalue weighted by molar-refractivity contribution is 0.309. The average Bonchev–Trinajstić information content (AvgIpc) is 3.00. The Morgan fingerprint density at radius 3 is 3.05 bits per heavy atom. The van der Waals surface area contributed by atoms with Crippen molar-refractivity contribution >= 4 is 10.9 Å². The fourth-order valence-electron chi connectivity index (χ4n) is 2.68. The van der Waals surface area contributed by atoms with E-state index in [1.54, 1.807) is 6.20 Å². The van der Waals surface area contributed by atoms with Crippen molar-refractivity contribution in [2.45, 2.75) is 13.0 Å². The summed E-state index contributed by atoms with van der Waals surface area (Å²) < 4.78 is 11.5. The normalized spacial score (nSPS) is 13.0. The van der Waals surface area contributed by atoms with Crippen LogP contribution in [0.15, 0.2) is 54.7 Å². The molecule has 0 saturated carbocycles. The van der Waals surface area contributed by atoms with Gasteiger partial charge in [0.25, 0.3) is 0 Å². The summed E-state index contributed by atoms with van der Waals surface area (Å²) in [5.74, 6) is 1.83. The predicted molar refractivity (Wildman–Crippen MR) is 81.7 cm³/mol. The summed E-state index contributed by atoms with van der Waals surface area (Å²) in [6.45, 7) is 1.33. The number of aromatic nitrogens is 1. The molecule has 0 atom stereocenters. The Kier molecular flexibility index (Phi) is 2.96. The summed E-state index contributed by atoms with van der Waals surface area (Å²) in [4.78, 5) is 4.41. The van der Waals surface area contributed by atoms with Crippen molar-refractivity contribution in [1.82, 2.24) is 4.98 Å². The Morgan fingerprint density at radius 1 is 1.10 bits per heavy atom. The lowest BCUT2D eigenvalue weighted by atomic mass is 10.1. The summed E-state index contributed by atoms with van der Waals surface area (Å²) in [6.07, 6.45) is 2.78. The lowest BCUT2D eigenvalue weighted by Crippen LogP contribution is -1.97. The molecule has 0 spiro atoms. The molecule has 2 heterocycles. The van der Waals surface area contributed by atoms with E-state index in [2.05, 4.69) is 17.1 Å². The SMILES string of the molecule is c1cnc2c(OCc3ccc4c(c3)CCO4)cccc2c1. The predicted octanol–water partition coefficient (Wildman–Crippen LogP) is 3.75. The van der Waals surface area contributed by atoms with E-state index in [1.807, 2.05) is 36.4 Å². The highest BCUT2D eigenvalue weighted by molar-refractivity contribution is 5.84. The Balaban J connectivity index is 1.58. The Morgan fingerprint density at radius 2 is 2.05 bits per heavy atom. The number of pyridine rings is 1. The van der Waals surface area contributed by atoms with Gasteiger partial charge in [-0.3, -0.25) is 4.98 Å². The molecule has 3 nitrogen and oxygen atoms in total. The summed E-state index contributed by atoms with van der Waals surface area (Å²) in [5, 5.41) is 1.09. The number of nitrogens with zero attached hydrogens (tertiary/aromatic N) is 1. The topological polar surface area (TPSA) is 31.4 Å². The zero-order chi connectivity index (χ0) is 14.1. The minimum absolute atomic E-state index is 0.545. The zero-order valence-electron chi connectivity index (χ0n) is 11.6. The van der Waals surface area contributed by atoms with Crippen LogP contribution in [0.25, 0.3) is 10.9 Å². The van der Waals surface area contributed by atoms with Crippen molar-refractivity contribution in [3.05, 3.63) is 65.9 Å². The van der Waals surface area contributed by atoms with E-state index in [-0.39, 0.29) is 0 Å². The molecular formula is C18H15NO2. The van der Waals surface area contributed by atoms with Gasteiger partial charge in [0.1, 0.15) is 23.6 Å². The van der Waals surface area contributed by atoms with Crippen LogP contribution in [0.4, 0.5) is 0 Å². The standard InChI is InChI=1S/C18H15NO2/c1-3-14-4-2-9-19-18(14)17(5-1)21-12-13-6-7-16-15(11-13)8-10-20-16/h1-7,9,11H,8,10,12H2. The van der Waals surface area contributed by atoms with Gasteiger partial charge in [0.05, 0.1) is 6.61 Å². The molecule has 0 radical (unpaired) electrons. The van der Waals surface area contributed by atoms with E-state index < -0.39 is 0 Å². The van der Waals surface area contributed by atoms with Gasteiger partial charge in [-0.1, -0.05) is 24.3 Å². The highest BCUT2D eigenvalue weighted by atomic mass is 16.5. The van der Waals surface area contributed by atoms with E-state index in [9.17, 15) is 0 Å². The van der Waals surface area contributed by atoms with Crippen molar-refractivity contribution in [3.63, 3.8) is 0 Å². The Hall–Kier alpha value is -2.55. The van der Waals surface area contributed by atoms with Gasteiger partial charge in [-0.05, 0) is 35.4 Å². The van der Waals surface area contributed by atoms with Gasteiger partial charge in [-0.25, -0.2) is 0 Å². The maximum Gasteiger partial charge on any atom is 0.146 e. The van der Waals surface area contributed by atoms with E-state index >= 15 is 0 Å². The first kappa shape index (κ1) is 12.2. The van der Waals surface area contributed by atoms with Crippen LogP contribution in [0.2, 0.25) is 0 Å². The number of para-hydroxylation sites is 1. The minimum atomic E-state index is 0.545. The van der Waals surface area contributed by atoms with E-state index in [0.29, 0.717) is 6.61 Å². The molecule has 3 heteroatoms. The summed E-state index contributed by atoms with van der Waals surface area (Å²) in [7, 11) is 0. The Bertz CT molecular complexity index is 793. The maximum atomic E-state index is 5.96. The third-order valence-electron chi connectivity index (χ3n) is 3.74. The van der Waals surface area contributed by atoms with Crippen LogP contribution >= 0.6 is 0 Å². The van der Waals surface area contributed by atoms with Crippen LogP contribution in [0.3, 0.4) is 0 Å². The van der Waals surface area contributed by atoms with Crippen molar-refractivity contribution in [2.24, 2.45) is 0 Å². The van der Waals surface area contributed by atoms with Gasteiger partial charge >= 0.3 is 0 Å². The molecule has 21 heavy (non-hydrogen) atoms. The second kappa shape index (κ2) is 5.09. The summed E-state index contributed by atoms with van der Waals surface area (Å²) >= 11 is 0. The maximum absolute atomic E-state index is 5.96. The molecule has 0 bridgehead atoms. The fourth-order valence-corrected chi connectivity index (χ4v) is 2.68. The van der Waals surface area contributed by atoms with Crippen LogP contribution in [0.5, 0.6) is 11.5 Å². The third kappa shape index (κ3) is 2.31. The quantitative estimate of drug-likeness (QED) is 0.730. The fraction of sp³-hybridized carbons (Fsp3) is 0.167. The highest BCUT2D eigenvalue weighted by Crippen LogP contribution is 2.27. The van der Waals surface area contributed by atoms with Crippen molar-refractivity contribution in [1.29, 1.82) is 0 Å². The summed E-state index contributed by atoms with van der Waals surface area (Å²) in [5.41, 5.74) is 3.34. The number of benzene rings is 2. The molecule has 1 aromatic heterocycles. The molecule has 0 unspecified atom stereocenters. The van der Waals surface area contributed by atoms with Crippen LogP contribution < -0.4 is 9.47 Å². The molecule has 0 fully saturated rings. The number of fused-ring (bicyclic) bond motifs is 2. The molecule has 3 aromatic rings. The third-order valence-corrected chi connectivity index (χ3v) is 3.74. The smallest absolute Gasteiger partial charge is 0.146 e. The molecular weight excluding hydrogens is 262 g/mol. The van der Waals surface area contributed by atoms with E-state index in [1.165, 1.54) is 5.56 Å². The van der Waals surface area contributed by atoms with Crippen LogP contribution in [0.1, 0.15) is 11.1 Å².